The third-order valence-corrected chi connectivity index (χ3v) is 3.49. The van der Waals surface area contributed by atoms with Gasteiger partial charge in [0, 0.05) is 18.8 Å². The largest absolute Gasteiger partial charge is 0.416 e. The van der Waals surface area contributed by atoms with Crippen molar-refractivity contribution >= 4 is 0 Å². The highest BCUT2D eigenvalue weighted by Gasteiger charge is 2.29. The molecule has 112 valence electrons. The Labute approximate surface area is 122 Å². The van der Waals surface area contributed by atoms with Gasteiger partial charge in [0.15, 0.2) is 0 Å². The number of nitrogens with zero attached hydrogens (tertiary/aromatic N) is 2. The summed E-state index contributed by atoms with van der Waals surface area (Å²) in [6, 6.07) is 11.1. The minimum atomic E-state index is -4.29. The van der Waals surface area contributed by atoms with Gasteiger partial charge in [-0.1, -0.05) is 18.2 Å². The molecule has 5 heteroatoms. The number of alkyl halides is 3. The molecular weight excluding hydrogens is 277 g/mol. The normalized spacial score (nSPS) is 13.4. The molecule has 1 aromatic heterocycles. The Kier molecular flexibility index (Phi) is 4.63. The fourth-order valence-corrected chi connectivity index (χ4v) is 2.07. The lowest BCUT2D eigenvalue weighted by Gasteiger charge is -2.24. The van der Waals surface area contributed by atoms with Crippen molar-refractivity contribution in [3.05, 3.63) is 65.5 Å². The van der Waals surface area contributed by atoms with Crippen LogP contribution in [0.1, 0.15) is 29.8 Å². The lowest BCUT2D eigenvalue weighted by atomic mass is 10.1. The molecule has 1 atom stereocenters. The van der Waals surface area contributed by atoms with E-state index in [2.05, 4.69) is 4.98 Å². The molecule has 1 heterocycles. The van der Waals surface area contributed by atoms with Gasteiger partial charge in [-0.25, -0.2) is 0 Å². The molecule has 0 N–H and O–H groups in total. The van der Waals surface area contributed by atoms with Gasteiger partial charge in [0.25, 0.3) is 0 Å². The number of pyridine rings is 1. The summed E-state index contributed by atoms with van der Waals surface area (Å²) < 4.78 is 37.5. The average Bonchev–Trinajstić information content (AvgIpc) is 2.47. The van der Waals surface area contributed by atoms with Crippen LogP contribution in [-0.2, 0) is 12.7 Å². The van der Waals surface area contributed by atoms with E-state index in [4.69, 9.17) is 0 Å². The Morgan fingerprint density at radius 2 is 1.76 bits per heavy atom. The maximum absolute atomic E-state index is 12.5. The molecule has 0 bridgehead atoms. The Morgan fingerprint density at radius 3 is 2.29 bits per heavy atom. The number of halogens is 3. The van der Waals surface area contributed by atoms with E-state index in [0.29, 0.717) is 6.54 Å². The second kappa shape index (κ2) is 6.26. The van der Waals surface area contributed by atoms with E-state index in [0.717, 1.165) is 23.4 Å². The summed E-state index contributed by atoms with van der Waals surface area (Å²) in [7, 11) is 1.93. The fraction of sp³-hybridized carbons (Fsp3) is 0.312. The van der Waals surface area contributed by atoms with Crippen molar-refractivity contribution in [2.75, 3.05) is 7.05 Å². The van der Waals surface area contributed by atoms with E-state index >= 15 is 0 Å². The van der Waals surface area contributed by atoms with E-state index in [1.54, 1.807) is 6.20 Å². The van der Waals surface area contributed by atoms with Gasteiger partial charge in [-0.05, 0) is 43.8 Å². The molecule has 0 unspecified atom stereocenters. The van der Waals surface area contributed by atoms with Crippen molar-refractivity contribution in [2.45, 2.75) is 25.7 Å². The minimum absolute atomic E-state index is 0.0912. The summed E-state index contributed by atoms with van der Waals surface area (Å²) in [5.74, 6) is 0. The van der Waals surface area contributed by atoms with Gasteiger partial charge in [-0.15, -0.1) is 0 Å². The molecule has 0 saturated heterocycles. The zero-order valence-corrected chi connectivity index (χ0v) is 11.9. The number of hydrogen-bond donors (Lipinski definition) is 0. The highest BCUT2D eigenvalue weighted by molar-refractivity contribution is 5.24. The van der Waals surface area contributed by atoms with Crippen LogP contribution in [-0.4, -0.2) is 16.9 Å². The maximum atomic E-state index is 12.5. The monoisotopic (exact) mass is 294 g/mol. The van der Waals surface area contributed by atoms with E-state index in [1.165, 1.54) is 12.1 Å². The summed E-state index contributed by atoms with van der Waals surface area (Å²) in [6.45, 7) is 2.59. The van der Waals surface area contributed by atoms with E-state index in [9.17, 15) is 13.2 Å². The predicted octanol–water partition coefficient (Wildman–Crippen LogP) is 4.29. The molecule has 0 aliphatic heterocycles. The van der Waals surface area contributed by atoms with Crippen LogP contribution in [0.5, 0.6) is 0 Å². The molecule has 2 rings (SSSR count). The SMILES string of the molecule is C[C@H](c1ccccn1)N(C)Cc1ccc(C(F)(F)F)cc1. The Balaban J connectivity index is 2.04. The third kappa shape index (κ3) is 4.04. The highest BCUT2D eigenvalue weighted by atomic mass is 19.4. The van der Waals surface area contributed by atoms with Crippen LogP contribution in [0.3, 0.4) is 0 Å². The molecule has 0 amide bonds. The molecule has 21 heavy (non-hydrogen) atoms. The number of aromatic nitrogens is 1. The predicted molar refractivity (Wildman–Crippen MR) is 75.6 cm³/mol. The van der Waals surface area contributed by atoms with Crippen LogP contribution in [0.2, 0.25) is 0 Å². The molecular formula is C16H17F3N2. The number of rotatable bonds is 4. The van der Waals surface area contributed by atoms with Crippen molar-refractivity contribution in [3.63, 3.8) is 0 Å². The smallest absolute Gasteiger partial charge is 0.294 e. The summed E-state index contributed by atoms with van der Waals surface area (Å²) in [5.41, 5.74) is 1.16. The molecule has 2 nitrogen and oxygen atoms in total. The Hall–Kier alpha value is -1.88. The van der Waals surface area contributed by atoms with Crippen LogP contribution < -0.4 is 0 Å². The van der Waals surface area contributed by atoms with Gasteiger partial charge < -0.3 is 0 Å². The first-order chi connectivity index (χ1) is 9.88. The van der Waals surface area contributed by atoms with Crippen molar-refractivity contribution < 1.29 is 13.2 Å². The van der Waals surface area contributed by atoms with Crippen molar-refractivity contribution in [3.8, 4) is 0 Å². The van der Waals surface area contributed by atoms with Crippen molar-refractivity contribution in [2.24, 2.45) is 0 Å². The standard InChI is InChI=1S/C16H17F3N2/c1-12(15-5-3-4-10-20-15)21(2)11-13-6-8-14(9-7-13)16(17,18)19/h3-10,12H,11H2,1-2H3/t12-/m1/s1. The number of benzene rings is 1. The zero-order chi connectivity index (χ0) is 15.5. The van der Waals surface area contributed by atoms with Gasteiger partial charge in [-0.3, -0.25) is 9.88 Å². The van der Waals surface area contributed by atoms with Gasteiger partial charge in [0.05, 0.1) is 11.3 Å². The second-order valence-electron chi connectivity index (χ2n) is 5.04. The highest BCUT2D eigenvalue weighted by Crippen LogP contribution is 2.29. The van der Waals surface area contributed by atoms with Crippen LogP contribution in [0.15, 0.2) is 48.7 Å². The van der Waals surface area contributed by atoms with Gasteiger partial charge in [0.2, 0.25) is 0 Å². The number of hydrogen-bond acceptors (Lipinski definition) is 2. The van der Waals surface area contributed by atoms with Gasteiger partial charge in [0.1, 0.15) is 0 Å². The van der Waals surface area contributed by atoms with E-state index in [1.807, 2.05) is 37.1 Å². The quantitative estimate of drug-likeness (QED) is 0.836. The topological polar surface area (TPSA) is 16.1 Å². The first-order valence-electron chi connectivity index (χ1n) is 6.65. The third-order valence-electron chi connectivity index (χ3n) is 3.49. The van der Waals surface area contributed by atoms with Gasteiger partial charge >= 0.3 is 6.18 Å². The lowest BCUT2D eigenvalue weighted by molar-refractivity contribution is -0.137. The minimum Gasteiger partial charge on any atom is -0.294 e. The summed E-state index contributed by atoms with van der Waals surface area (Å²) in [4.78, 5) is 6.34. The van der Waals surface area contributed by atoms with E-state index < -0.39 is 11.7 Å². The molecule has 0 radical (unpaired) electrons. The Morgan fingerprint density at radius 1 is 1.10 bits per heavy atom. The lowest BCUT2D eigenvalue weighted by Crippen LogP contribution is -2.22. The molecule has 0 aliphatic carbocycles. The first kappa shape index (κ1) is 15.5. The molecule has 1 aromatic carbocycles. The van der Waals surface area contributed by atoms with Gasteiger partial charge in [-0.2, -0.15) is 13.2 Å². The van der Waals surface area contributed by atoms with Crippen molar-refractivity contribution in [1.82, 2.24) is 9.88 Å². The molecule has 0 saturated carbocycles. The van der Waals surface area contributed by atoms with Crippen LogP contribution in [0.4, 0.5) is 13.2 Å². The summed E-state index contributed by atoms with van der Waals surface area (Å²) >= 11 is 0. The molecule has 0 aliphatic rings. The molecule has 2 aromatic rings. The maximum Gasteiger partial charge on any atom is 0.416 e. The molecule has 0 spiro atoms. The van der Waals surface area contributed by atoms with Crippen LogP contribution >= 0.6 is 0 Å². The van der Waals surface area contributed by atoms with Crippen LogP contribution in [0.25, 0.3) is 0 Å². The Bertz CT molecular complexity index is 564. The van der Waals surface area contributed by atoms with Crippen molar-refractivity contribution in [1.29, 1.82) is 0 Å². The second-order valence-corrected chi connectivity index (χ2v) is 5.04. The average molecular weight is 294 g/mol. The fourth-order valence-electron chi connectivity index (χ4n) is 2.07. The van der Waals surface area contributed by atoms with Crippen LogP contribution in [0, 0.1) is 0 Å². The summed E-state index contributed by atoms with van der Waals surface area (Å²) in [6.07, 6.45) is -2.55. The first-order valence-corrected chi connectivity index (χ1v) is 6.65. The zero-order valence-electron chi connectivity index (χ0n) is 11.9. The molecule has 0 fully saturated rings. The van der Waals surface area contributed by atoms with E-state index in [-0.39, 0.29) is 6.04 Å². The summed E-state index contributed by atoms with van der Waals surface area (Å²) in [5, 5.41) is 0.